The third kappa shape index (κ3) is 3.34. The summed E-state index contributed by atoms with van der Waals surface area (Å²) in [7, 11) is 0. The number of nitrogens with zero attached hydrogens (tertiary/aromatic N) is 2. The van der Waals surface area contributed by atoms with Crippen molar-refractivity contribution in [3.05, 3.63) is 17.5 Å². The van der Waals surface area contributed by atoms with Crippen molar-refractivity contribution < 1.29 is 5.11 Å². The van der Waals surface area contributed by atoms with E-state index < -0.39 is 0 Å². The molecular weight excluding hydrogens is 188 g/mol. The van der Waals surface area contributed by atoms with Crippen molar-refractivity contribution >= 4 is 0 Å². The molecule has 0 amide bonds. The highest BCUT2D eigenvalue weighted by Gasteiger charge is 2.11. The number of hydrogen-bond acceptors (Lipinski definition) is 2. The molecule has 1 unspecified atom stereocenters. The van der Waals surface area contributed by atoms with Crippen LogP contribution in [0.15, 0.2) is 6.07 Å². The third-order valence-corrected chi connectivity index (χ3v) is 2.74. The lowest BCUT2D eigenvalue weighted by molar-refractivity contribution is 0.215. The Morgan fingerprint density at radius 3 is 2.73 bits per heavy atom. The van der Waals surface area contributed by atoms with Crippen LogP contribution in [-0.2, 0) is 13.0 Å². The first-order chi connectivity index (χ1) is 7.21. The maximum absolute atomic E-state index is 9.26. The van der Waals surface area contributed by atoms with E-state index in [4.69, 9.17) is 0 Å². The minimum atomic E-state index is 0.280. The van der Waals surface area contributed by atoms with Crippen LogP contribution in [0.5, 0.6) is 0 Å². The highest BCUT2D eigenvalue weighted by molar-refractivity contribution is 5.09. The maximum atomic E-state index is 9.26. The molecule has 1 aromatic heterocycles. The van der Waals surface area contributed by atoms with E-state index in [2.05, 4.69) is 25.0 Å². The van der Waals surface area contributed by atoms with Gasteiger partial charge in [-0.1, -0.05) is 13.3 Å². The van der Waals surface area contributed by atoms with E-state index in [0.29, 0.717) is 5.92 Å². The number of aliphatic hydroxyl groups excluding tert-OH is 1. The molecule has 1 heterocycles. The van der Waals surface area contributed by atoms with Crippen molar-refractivity contribution in [1.29, 1.82) is 0 Å². The molecule has 0 spiro atoms. The first-order valence-electron chi connectivity index (χ1n) is 5.85. The predicted molar refractivity (Wildman–Crippen MR) is 61.8 cm³/mol. The molecule has 0 saturated heterocycles. The smallest absolute Gasteiger partial charge is 0.0596 e. The molecule has 0 saturated carbocycles. The summed E-state index contributed by atoms with van der Waals surface area (Å²) in [6.45, 7) is 7.47. The Hall–Kier alpha value is -0.830. The largest absolute Gasteiger partial charge is 0.396 e. The van der Waals surface area contributed by atoms with Gasteiger partial charge in [0.2, 0.25) is 0 Å². The van der Waals surface area contributed by atoms with E-state index in [-0.39, 0.29) is 6.61 Å². The second-order valence-electron chi connectivity index (χ2n) is 4.13. The number of hydrogen-bond donors (Lipinski definition) is 1. The summed E-state index contributed by atoms with van der Waals surface area (Å²) in [5.74, 6) is 0.386. The maximum Gasteiger partial charge on any atom is 0.0596 e. The van der Waals surface area contributed by atoms with Crippen LogP contribution in [0.3, 0.4) is 0 Å². The summed E-state index contributed by atoms with van der Waals surface area (Å²) < 4.78 is 2.04. The van der Waals surface area contributed by atoms with Crippen LogP contribution in [0.25, 0.3) is 0 Å². The van der Waals surface area contributed by atoms with Crippen LogP contribution in [0.2, 0.25) is 0 Å². The molecule has 0 aromatic carbocycles. The molecule has 86 valence electrons. The number of aryl methyl sites for hydroxylation is 2. The van der Waals surface area contributed by atoms with E-state index >= 15 is 0 Å². The molecular formula is C12H22N2O. The number of aliphatic hydroxyl groups is 1. The number of rotatable bonds is 6. The second kappa shape index (κ2) is 5.91. The van der Waals surface area contributed by atoms with E-state index in [1.54, 1.807) is 0 Å². The van der Waals surface area contributed by atoms with Gasteiger partial charge in [0.1, 0.15) is 0 Å². The van der Waals surface area contributed by atoms with Crippen LogP contribution < -0.4 is 0 Å². The molecule has 1 aromatic rings. The lowest BCUT2D eigenvalue weighted by atomic mass is 9.99. The minimum Gasteiger partial charge on any atom is -0.396 e. The molecule has 0 bridgehead atoms. The molecule has 0 aliphatic heterocycles. The topological polar surface area (TPSA) is 38.1 Å². The van der Waals surface area contributed by atoms with Gasteiger partial charge >= 0.3 is 0 Å². The second-order valence-corrected chi connectivity index (χ2v) is 4.13. The normalized spacial score (nSPS) is 13.1. The zero-order chi connectivity index (χ0) is 11.3. The van der Waals surface area contributed by atoms with Gasteiger partial charge < -0.3 is 5.11 Å². The van der Waals surface area contributed by atoms with E-state index in [9.17, 15) is 5.11 Å². The fourth-order valence-corrected chi connectivity index (χ4v) is 2.00. The van der Waals surface area contributed by atoms with Crippen molar-refractivity contribution in [1.82, 2.24) is 9.78 Å². The predicted octanol–water partition coefficient (Wildman–Crippen LogP) is 2.16. The average Bonchev–Trinajstić information content (AvgIpc) is 2.58. The van der Waals surface area contributed by atoms with Crippen molar-refractivity contribution in [2.24, 2.45) is 5.92 Å². The van der Waals surface area contributed by atoms with Crippen LogP contribution in [-0.4, -0.2) is 21.5 Å². The summed E-state index contributed by atoms with van der Waals surface area (Å²) in [5, 5.41) is 13.7. The van der Waals surface area contributed by atoms with Crippen molar-refractivity contribution in [2.75, 3.05) is 6.61 Å². The molecule has 0 aliphatic carbocycles. The summed E-state index contributed by atoms with van der Waals surface area (Å²) in [6.07, 6.45) is 3.16. The van der Waals surface area contributed by atoms with E-state index in [1.807, 2.05) is 11.6 Å². The van der Waals surface area contributed by atoms with Gasteiger partial charge in [-0.15, -0.1) is 0 Å². The molecule has 1 atom stereocenters. The summed E-state index contributed by atoms with van der Waals surface area (Å²) >= 11 is 0. The molecule has 3 heteroatoms. The summed E-state index contributed by atoms with van der Waals surface area (Å²) in [6, 6.07) is 2.13. The van der Waals surface area contributed by atoms with Gasteiger partial charge in [-0.2, -0.15) is 5.10 Å². The molecule has 3 nitrogen and oxygen atoms in total. The average molecular weight is 210 g/mol. The first kappa shape index (κ1) is 12.2. The molecule has 1 N–H and O–H groups in total. The standard InChI is InChI=1S/C12H22N2O/c1-4-6-11(9-15)8-12-7-10(3)13-14(12)5-2/h7,11,15H,4-6,8-9H2,1-3H3. The molecule has 0 fully saturated rings. The Morgan fingerprint density at radius 1 is 1.47 bits per heavy atom. The van der Waals surface area contributed by atoms with Crippen LogP contribution in [0.4, 0.5) is 0 Å². The van der Waals surface area contributed by atoms with Crippen molar-refractivity contribution in [3.63, 3.8) is 0 Å². The minimum absolute atomic E-state index is 0.280. The fourth-order valence-electron chi connectivity index (χ4n) is 2.00. The van der Waals surface area contributed by atoms with Gasteiger partial charge in [-0.25, -0.2) is 0 Å². The first-order valence-corrected chi connectivity index (χ1v) is 5.85. The van der Waals surface area contributed by atoms with Gasteiger partial charge in [0.15, 0.2) is 0 Å². The highest BCUT2D eigenvalue weighted by atomic mass is 16.3. The molecule has 0 radical (unpaired) electrons. The van der Waals surface area contributed by atoms with Crippen molar-refractivity contribution in [2.45, 2.75) is 46.6 Å². The quantitative estimate of drug-likeness (QED) is 0.781. The number of aromatic nitrogens is 2. The molecule has 1 rings (SSSR count). The summed E-state index contributed by atoms with van der Waals surface area (Å²) in [4.78, 5) is 0. The fraction of sp³-hybridized carbons (Fsp3) is 0.750. The summed E-state index contributed by atoms with van der Waals surface area (Å²) in [5.41, 5.74) is 2.32. The van der Waals surface area contributed by atoms with Gasteiger partial charge in [0.05, 0.1) is 5.69 Å². The van der Waals surface area contributed by atoms with Gasteiger partial charge in [0.25, 0.3) is 0 Å². The Kier molecular flexibility index (Phi) is 4.82. The lowest BCUT2D eigenvalue weighted by Gasteiger charge is -2.13. The van der Waals surface area contributed by atoms with Gasteiger partial charge in [-0.3, -0.25) is 4.68 Å². The van der Waals surface area contributed by atoms with E-state index in [1.165, 1.54) is 5.69 Å². The van der Waals surface area contributed by atoms with Crippen LogP contribution in [0, 0.1) is 12.8 Å². The van der Waals surface area contributed by atoms with Gasteiger partial charge in [0, 0.05) is 18.8 Å². The Labute approximate surface area is 92.1 Å². The van der Waals surface area contributed by atoms with Crippen LogP contribution in [0.1, 0.15) is 38.1 Å². The molecule has 0 aliphatic rings. The Morgan fingerprint density at radius 2 is 2.20 bits per heavy atom. The van der Waals surface area contributed by atoms with Crippen LogP contribution >= 0.6 is 0 Å². The Balaban J connectivity index is 2.68. The molecule has 15 heavy (non-hydrogen) atoms. The highest BCUT2D eigenvalue weighted by Crippen LogP contribution is 2.14. The van der Waals surface area contributed by atoms with Gasteiger partial charge in [-0.05, 0) is 38.7 Å². The zero-order valence-electron chi connectivity index (χ0n) is 10.0. The monoisotopic (exact) mass is 210 g/mol. The SMILES string of the molecule is CCCC(CO)Cc1cc(C)nn1CC. The zero-order valence-corrected chi connectivity index (χ0v) is 10.0. The third-order valence-electron chi connectivity index (χ3n) is 2.74. The lowest BCUT2D eigenvalue weighted by Crippen LogP contribution is -2.13. The van der Waals surface area contributed by atoms with E-state index in [0.717, 1.165) is 31.5 Å². The van der Waals surface area contributed by atoms with Crippen molar-refractivity contribution in [3.8, 4) is 0 Å². The Bertz CT molecular complexity index is 294.